The fourth-order valence-electron chi connectivity index (χ4n) is 1.34. The maximum absolute atomic E-state index is 10.8. The number of carbonyl (C=O) groups is 1. The van der Waals surface area contributed by atoms with Gasteiger partial charge in [-0.25, -0.2) is 4.79 Å². The second kappa shape index (κ2) is 5.43. The van der Waals surface area contributed by atoms with Crippen molar-refractivity contribution < 1.29 is 9.63 Å². The molecule has 0 aliphatic heterocycles. The summed E-state index contributed by atoms with van der Waals surface area (Å²) in [7, 11) is 0. The molecule has 0 fully saturated rings. The summed E-state index contributed by atoms with van der Waals surface area (Å²) in [5.41, 5.74) is 1.23. The SMILES string of the molecule is C=CC(C)(C)/C(=N\OC(C)=O)c1ccccc1. The number of carbonyl (C=O) groups excluding carboxylic acids is 1. The Morgan fingerprint density at radius 3 is 2.41 bits per heavy atom. The van der Waals surface area contributed by atoms with E-state index in [-0.39, 0.29) is 5.41 Å². The summed E-state index contributed by atoms with van der Waals surface area (Å²) in [6, 6.07) is 9.60. The highest BCUT2D eigenvalue weighted by atomic mass is 16.7. The maximum atomic E-state index is 10.8. The largest absolute Gasteiger partial charge is 0.331 e. The maximum Gasteiger partial charge on any atom is 0.331 e. The van der Waals surface area contributed by atoms with E-state index in [2.05, 4.69) is 11.7 Å². The first-order chi connectivity index (χ1) is 7.97. The molecular formula is C14H17NO2. The third-order valence-electron chi connectivity index (χ3n) is 2.43. The molecule has 0 aliphatic rings. The van der Waals surface area contributed by atoms with Gasteiger partial charge >= 0.3 is 5.97 Å². The van der Waals surface area contributed by atoms with E-state index in [0.29, 0.717) is 5.71 Å². The highest BCUT2D eigenvalue weighted by Gasteiger charge is 2.23. The summed E-state index contributed by atoms with van der Waals surface area (Å²) in [5, 5.41) is 3.93. The predicted molar refractivity (Wildman–Crippen MR) is 68.7 cm³/mol. The summed E-state index contributed by atoms with van der Waals surface area (Å²) in [5.74, 6) is -0.432. The van der Waals surface area contributed by atoms with Crippen LogP contribution < -0.4 is 0 Å². The zero-order valence-electron chi connectivity index (χ0n) is 10.4. The van der Waals surface area contributed by atoms with Crippen LogP contribution in [0.3, 0.4) is 0 Å². The molecule has 17 heavy (non-hydrogen) atoms. The van der Waals surface area contributed by atoms with Crippen molar-refractivity contribution in [2.75, 3.05) is 0 Å². The molecule has 0 saturated carbocycles. The van der Waals surface area contributed by atoms with E-state index in [1.165, 1.54) is 6.92 Å². The Morgan fingerprint density at radius 1 is 1.35 bits per heavy atom. The molecule has 0 heterocycles. The highest BCUT2D eigenvalue weighted by molar-refractivity contribution is 6.05. The van der Waals surface area contributed by atoms with Crippen molar-refractivity contribution in [2.45, 2.75) is 20.8 Å². The molecule has 90 valence electrons. The van der Waals surface area contributed by atoms with E-state index >= 15 is 0 Å². The van der Waals surface area contributed by atoms with Gasteiger partial charge < -0.3 is 4.84 Å². The van der Waals surface area contributed by atoms with Gasteiger partial charge in [0, 0.05) is 17.9 Å². The number of oxime groups is 1. The Balaban J connectivity index is 3.16. The summed E-state index contributed by atoms with van der Waals surface area (Å²) in [6.07, 6.45) is 1.78. The number of rotatable bonds is 4. The standard InChI is InChI=1S/C14H17NO2/c1-5-14(3,4)13(15-17-11(2)16)12-9-7-6-8-10-12/h5-10H,1H2,2-4H3/b15-13-. The Bertz CT molecular complexity index is 433. The second-order valence-electron chi connectivity index (χ2n) is 4.31. The number of hydrogen-bond donors (Lipinski definition) is 0. The van der Waals surface area contributed by atoms with Crippen molar-refractivity contribution in [3.63, 3.8) is 0 Å². The molecule has 3 nitrogen and oxygen atoms in total. The third-order valence-corrected chi connectivity index (χ3v) is 2.43. The van der Waals surface area contributed by atoms with Gasteiger partial charge in [-0.05, 0) is 0 Å². The average Bonchev–Trinajstić information content (AvgIpc) is 2.30. The van der Waals surface area contributed by atoms with Gasteiger partial charge in [0.05, 0.1) is 5.71 Å². The fraction of sp³-hybridized carbons (Fsp3) is 0.286. The molecule has 0 spiro atoms. The molecule has 0 bridgehead atoms. The highest BCUT2D eigenvalue weighted by Crippen LogP contribution is 2.24. The molecule has 1 aromatic rings. The zero-order chi connectivity index (χ0) is 12.9. The van der Waals surface area contributed by atoms with Crippen molar-refractivity contribution in [1.29, 1.82) is 0 Å². The lowest BCUT2D eigenvalue weighted by molar-refractivity contribution is -0.140. The van der Waals surface area contributed by atoms with Gasteiger partial charge in [-0.1, -0.05) is 55.4 Å². The lowest BCUT2D eigenvalue weighted by Gasteiger charge is -2.21. The van der Waals surface area contributed by atoms with Crippen LogP contribution in [0.25, 0.3) is 0 Å². The topological polar surface area (TPSA) is 38.7 Å². The number of allylic oxidation sites excluding steroid dienone is 1. The quantitative estimate of drug-likeness (QED) is 0.345. The van der Waals surface area contributed by atoms with E-state index in [1.54, 1.807) is 6.08 Å². The van der Waals surface area contributed by atoms with Crippen LogP contribution in [0.4, 0.5) is 0 Å². The lowest BCUT2D eigenvalue weighted by Crippen LogP contribution is -2.23. The van der Waals surface area contributed by atoms with Crippen LogP contribution in [-0.4, -0.2) is 11.7 Å². The fourth-order valence-corrected chi connectivity index (χ4v) is 1.34. The first kappa shape index (κ1) is 13.2. The Kier molecular flexibility index (Phi) is 4.21. The summed E-state index contributed by atoms with van der Waals surface area (Å²) >= 11 is 0. The molecule has 0 unspecified atom stereocenters. The normalized spacial score (nSPS) is 12.1. The molecule has 0 amide bonds. The van der Waals surface area contributed by atoms with Gasteiger partial charge in [-0.15, -0.1) is 6.58 Å². The third kappa shape index (κ3) is 3.55. The van der Waals surface area contributed by atoms with Crippen molar-refractivity contribution in [2.24, 2.45) is 10.6 Å². The molecule has 0 saturated heterocycles. The van der Waals surface area contributed by atoms with Crippen LogP contribution in [-0.2, 0) is 9.63 Å². The summed E-state index contributed by atoms with van der Waals surface area (Å²) in [6.45, 7) is 9.05. The van der Waals surface area contributed by atoms with Gasteiger partial charge in [0.1, 0.15) is 0 Å². The van der Waals surface area contributed by atoms with Gasteiger partial charge in [0.15, 0.2) is 0 Å². The number of hydrogen-bond acceptors (Lipinski definition) is 3. The molecule has 0 radical (unpaired) electrons. The smallest absolute Gasteiger partial charge is 0.318 e. The van der Waals surface area contributed by atoms with Crippen LogP contribution in [0.5, 0.6) is 0 Å². The monoisotopic (exact) mass is 231 g/mol. The van der Waals surface area contributed by atoms with Crippen LogP contribution in [0.15, 0.2) is 48.1 Å². The molecule has 0 aliphatic carbocycles. The van der Waals surface area contributed by atoms with Crippen molar-refractivity contribution in [3.05, 3.63) is 48.6 Å². The van der Waals surface area contributed by atoms with E-state index in [4.69, 9.17) is 4.84 Å². The van der Waals surface area contributed by atoms with E-state index < -0.39 is 5.97 Å². The minimum Gasteiger partial charge on any atom is -0.318 e. The molecule has 0 atom stereocenters. The van der Waals surface area contributed by atoms with E-state index in [9.17, 15) is 4.79 Å². The molecule has 0 aromatic heterocycles. The first-order valence-corrected chi connectivity index (χ1v) is 5.42. The number of benzene rings is 1. The van der Waals surface area contributed by atoms with E-state index in [1.807, 2.05) is 44.2 Å². The molecule has 1 aromatic carbocycles. The van der Waals surface area contributed by atoms with Crippen molar-refractivity contribution in [3.8, 4) is 0 Å². The Hall–Kier alpha value is -1.90. The molecular weight excluding hydrogens is 214 g/mol. The first-order valence-electron chi connectivity index (χ1n) is 5.42. The van der Waals surface area contributed by atoms with E-state index in [0.717, 1.165) is 5.56 Å². The summed E-state index contributed by atoms with van der Waals surface area (Å²) < 4.78 is 0. The van der Waals surface area contributed by atoms with Crippen molar-refractivity contribution in [1.82, 2.24) is 0 Å². The minimum absolute atomic E-state index is 0.364. The van der Waals surface area contributed by atoms with Gasteiger partial charge in [0.25, 0.3) is 0 Å². The van der Waals surface area contributed by atoms with Gasteiger partial charge in [-0.2, -0.15) is 0 Å². The number of nitrogens with zero attached hydrogens (tertiary/aromatic N) is 1. The van der Waals surface area contributed by atoms with Crippen LogP contribution in [0.2, 0.25) is 0 Å². The van der Waals surface area contributed by atoms with Gasteiger partial charge in [-0.3, -0.25) is 0 Å². The average molecular weight is 231 g/mol. The predicted octanol–water partition coefficient (Wildman–Crippen LogP) is 3.17. The van der Waals surface area contributed by atoms with Crippen LogP contribution in [0, 0.1) is 5.41 Å². The second-order valence-corrected chi connectivity index (χ2v) is 4.31. The summed E-state index contributed by atoms with van der Waals surface area (Å²) in [4.78, 5) is 15.6. The zero-order valence-corrected chi connectivity index (χ0v) is 10.4. The Morgan fingerprint density at radius 2 is 1.94 bits per heavy atom. The molecule has 3 heteroatoms. The molecule has 1 rings (SSSR count). The minimum atomic E-state index is -0.432. The lowest BCUT2D eigenvalue weighted by atomic mass is 9.84. The van der Waals surface area contributed by atoms with Crippen LogP contribution >= 0.6 is 0 Å². The molecule has 0 N–H and O–H groups in total. The van der Waals surface area contributed by atoms with Crippen molar-refractivity contribution >= 4 is 11.7 Å². The van der Waals surface area contributed by atoms with Gasteiger partial charge in [0.2, 0.25) is 0 Å². The van der Waals surface area contributed by atoms with Crippen LogP contribution in [0.1, 0.15) is 26.3 Å². The Labute approximate surface area is 102 Å².